The lowest BCUT2D eigenvalue weighted by molar-refractivity contribution is -0.137. The van der Waals surface area contributed by atoms with Gasteiger partial charge < -0.3 is 20.3 Å². The molecule has 6 heteroatoms. The average Bonchev–Trinajstić information content (AvgIpc) is 2.45. The van der Waals surface area contributed by atoms with Gasteiger partial charge in [-0.05, 0) is 19.9 Å². The molecule has 0 bridgehead atoms. The lowest BCUT2D eigenvalue weighted by atomic mass is 10.2. The summed E-state index contributed by atoms with van der Waals surface area (Å²) in [5.74, 6) is 0.0565. The van der Waals surface area contributed by atoms with Crippen LogP contribution in [0, 0.1) is 0 Å². The summed E-state index contributed by atoms with van der Waals surface area (Å²) in [5.41, 5.74) is 7.59. The molecule has 6 nitrogen and oxygen atoms in total. The number of carbonyl (C=O) groups is 1. The zero-order chi connectivity index (χ0) is 14.5. The summed E-state index contributed by atoms with van der Waals surface area (Å²) < 4.78 is 5.35. The SMILES string of the molecule is CC(C)OCC(=O)N1CCN(c2ccncc2N)CC1. The molecule has 0 aliphatic carbocycles. The lowest BCUT2D eigenvalue weighted by Gasteiger charge is -2.36. The highest BCUT2D eigenvalue weighted by Gasteiger charge is 2.22. The molecule has 0 atom stereocenters. The van der Waals surface area contributed by atoms with Crippen LogP contribution in [0.1, 0.15) is 13.8 Å². The standard InChI is InChI=1S/C14H22N4O2/c1-11(2)20-10-14(19)18-7-5-17(6-8-18)13-3-4-16-9-12(13)15/h3-4,9,11H,5-8,10,15H2,1-2H3. The van der Waals surface area contributed by atoms with Gasteiger partial charge in [-0.2, -0.15) is 0 Å². The quantitative estimate of drug-likeness (QED) is 0.879. The molecule has 0 aromatic carbocycles. The number of amides is 1. The van der Waals surface area contributed by atoms with Crippen molar-refractivity contribution < 1.29 is 9.53 Å². The van der Waals surface area contributed by atoms with Crippen LogP contribution in [-0.4, -0.2) is 54.7 Å². The first-order chi connectivity index (χ1) is 9.58. The predicted molar refractivity (Wildman–Crippen MR) is 78.5 cm³/mol. The van der Waals surface area contributed by atoms with Gasteiger partial charge in [0.15, 0.2) is 0 Å². The van der Waals surface area contributed by atoms with Crippen LogP contribution in [0.3, 0.4) is 0 Å². The van der Waals surface area contributed by atoms with Gasteiger partial charge in [0.05, 0.1) is 23.7 Å². The molecule has 0 spiro atoms. The number of nitrogen functional groups attached to an aromatic ring is 1. The lowest BCUT2D eigenvalue weighted by Crippen LogP contribution is -2.50. The van der Waals surface area contributed by atoms with Gasteiger partial charge in [-0.3, -0.25) is 9.78 Å². The zero-order valence-electron chi connectivity index (χ0n) is 12.1. The van der Waals surface area contributed by atoms with E-state index in [4.69, 9.17) is 10.5 Å². The van der Waals surface area contributed by atoms with Crippen molar-refractivity contribution in [1.82, 2.24) is 9.88 Å². The third kappa shape index (κ3) is 3.60. The van der Waals surface area contributed by atoms with Crippen LogP contribution in [0.15, 0.2) is 18.5 Å². The molecule has 1 aromatic heterocycles. The summed E-state index contributed by atoms with van der Waals surface area (Å²) in [5, 5.41) is 0. The molecule has 0 unspecified atom stereocenters. The van der Waals surface area contributed by atoms with Crippen molar-refractivity contribution in [2.24, 2.45) is 0 Å². The van der Waals surface area contributed by atoms with Crippen LogP contribution in [0.5, 0.6) is 0 Å². The molecular formula is C14H22N4O2. The van der Waals surface area contributed by atoms with Crippen LogP contribution in [0.25, 0.3) is 0 Å². The number of nitrogens with two attached hydrogens (primary N) is 1. The molecule has 1 aliphatic heterocycles. The summed E-state index contributed by atoms with van der Waals surface area (Å²) >= 11 is 0. The van der Waals surface area contributed by atoms with Gasteiger partial charge in [-0.15, -0.1) is 0 Å². The number of carbonyl (C=O) groups excluding carboxylic acids is 1. The zero-order valence-corrected chi connectivity index (χ0v) is 12.1. The minimum absolute atomic E-state index is 0.0565. The van der Waals surface area contributed by atoms with Gasteiger partial charge in [0.2, 0.25) is 5.91 Å². The van der Waals surface area contributed by atoms with Crippen molar-refractivity contribution in [1.29, 1.82) is 0 Å². The van der Waals surface area contributed by atoms with Gasteiger partial charge in [-0.1, -0.05) is 0 Å². The van der Waals surface area contributed by atoms with Crippen molar-refractivity contribution >= 4 is 17.3 Å². The molecule has 1 aromatic rings. The minimum atomic E-state index is 0.0565. The maximum atomic E-state index is 12.0. The van der Waals surface area contributed by atoms with Gasteiger partial charge in [0, 0.05) is 32.4 Å². The average molecular weight is 278 g/mol. The van der Waals surface area contributed by atoms with Gasteiger partial charge in [0.25, 0.3) is 0 Å². The molecule has 2 rings (SSSR count). The van der Waals surface area contributed by atoms with E-state index in [1.165, 1.54) is 0 Å². The van der Waals surface area contributed by atoms with Crippen LogP contribution >= 0.6 is 0 Å². The first-order valence-corrected chi connectivity index (χ1v) is 6.91. The maximum Gasteiger partial charge on any atom is 0.248 e. The van der Waals surface area contributed by atoms with Crippen molar-refractivity contribution in [2.45, 2.75) is 20.0 Å². The van der Waals surface area contributed by atoms with Gasteiger partial charge in [-0.25, -0.2) is 0 Å². The van der Waals surface area contributed by atoms with Crippen molar-refractivity contribution in [3.8, 4) is 0 Å². The van der Waals surface area contributed by atoms with E-state index in [2.05, 4.69) is 9.88 Å². The Hall–Kier alpha value is -1.82. The fourth-order valence-electron chi connectivity index (χ4n) is 2.21. The number of aromatic nitrogens is 1. The minimum Gasteiger partial charge on any atom is -0.396 e. The highest BCUT2D eigenvalue weighted by molar-refractivity contribution is 5.78. The number of ether oxygens (including phenoxy) is 1. The summed E-state index contributed by atoms with van der Waals surface area (Å²) in [6.45, 7) is 6.97. The molecule has 1 aliphatic rings. The summed E-state index contributed by atoms with van der Waals surface area (Å²) in [6.07, 6.45) is 3.47. The van der Waals surface area contributed by atoms with E-state index in [9.17, 15) is 4.79 Å². The topological polar surface area (TPSA) is 71.7 Å². The van der Waals surface area contributed by atoms with E-state index in [0.29, 0.717) is 18.8 Å². The van der Waals surface area contributed by atoms with Crippen molar-refractivity contribution in [3.63, 3.8) is 0 Å². The number of anilines is 2. The largest absolute Gasteiger partial charge is 0.396 e. The van der Waals surface area contributed by atoms with E-state index < -0.39 is 0 Å². The first kappa shape index (κ1) is 14.6. The fraction of sp³-hybridized carbons (Fsp3) is 0.571. The van der Waals surface area contributed by atoms with Gasteiger partial charge in [0.1, 0.15) is 6.61 Å². The van der Waals surface area contributed by atoms with Gasteiger partial charge >= 0.3 is 0 Å². The molecular weight excluding hydrogens is 256 g/mol. The van der Waals surface area contributed by atoms with E-state index in [-0.39, 0.29) is 18.6 Å². The molecule has 1 saturated heterocycles. The molecule has 110 valence electrons. The Balaban J connectivity index is 1.86. The molecule has 2 N–H and O–H groups in total. The monoisotopic (exact) mass is 278 g/mol. The highest BCUT2D eigenvalue weighted by Crippen LogP contribution is 2.22. The second-order valence-electron chi connectivity index (χ2n) is 5.16. The Morgan fingerprint density at radius 2 is 2.10 bits per heavy atom. The van der Waals surface area contributed by atoms with E-state index in [1.807, 2.05) is 24.8 Å². The Kier molecular flexibility index (Phi) is 4.79. The van der Waals surface area contributed by atoms with Crippen LogP contribution < -0.4 is 10.6 Å². The number of rotatable bonds is 4. The van der Waals surface area contributed by atoms with E-state index in [0.717, 1.165) is 18.8 Å². The molecule has 0 saturated carbocycles. The second kappa shape index (κ2) is 6.56. The number of piperazine rings is 1. The summed E-state index contributed by atoms with van der Waals surface area (Å²) in [4.78, 5) is 20.0. The predicted octanol–water partition coefficient (Wildman–Crippen LogP) is 0.737. The molecule has 2 heterocycles. The third-order valence-corrected chi connectivity index (χ3v) is 3.34. The second-order valence-corrected chi connectivity index (χ2v) is 5.16. The van der Waals surface area contributed by atoms with Crippen LogP contribution in [0.2, 0.25) is 0 Å². The number of hydrogen-bond acceptors (Lipinski definition) is 5. The van der Waals surface area contributed by atoms with Crippen molar-refractivity contribution in [2.75, 3.05) is 43.4 Å². The Bertz CT molecular complexity index is 456. The number of nitrogens with zero attached hydrogens (tertiary/aromatic N) is 3. The maximum absolute atomic E-state index is 12.0. The third-order valence-electron chi connectivity index (χ3n) is 3.34. The molecule has 20 heavy (non-hydrogen) atoms. The van der Waals surface area contributed by atoms with Crippen molar-refractivity contribution in [3.05, 3.63) is 18.5 Å². The van der Waals surface area contributed by atoms with E-state index >= 15 is 0 Å². The Morgan fingerprint density at radius 1 is 1.40 bits per heavy atom. The molecule has 1 amide bonds. The molecule has 1 fully saturated rings. The Labute approximate surface area is 119 Å². The van der Waals surface area contributed by atoms with Crippen LogP contribution in [-0.2, 0) is 9.53 Å². The Morgan fingerprint density at radius 3 is 2.70 bits per heavy atom. The summed E-state index contributed by atoms with van der Waals surface area (Å²) in [6, 6.07) is 1.91. The summed E-state index contributed by atoms with van der Waals surface area (Å²) in [7, 11) is 0. The fourth-order valence-corrected chi connectivity index (χ4v) is 2.21. The highest BCUT2D eigenvalue weighted by atomic mass is 16.5. The van der Waals surface area contributed by atoms with E-state index in [1.54, 1.807) is 12.4 Å². The molecule has 0 radical (unpaired) electrons. The smallest absolute Gasteiger partial charge is 0.248 e. The first-order valence-electron chi connectivity index (χ1n) is 6.91. The number of pyridine rings is 1. The normalized spacial score (nSPS) is 15.8. The van der Waals surface area contributed by atoms with Crippen LogP contribution in [0.4, 0.5) is 11.4 Å². The number of hydrogen-bond donors (Lipinski definition) is 1.